The Morgan fingerprint density at radius 2 is 1.93 bits per heavy atom. The highest BCUT2D eigenvalue weighted by atomic mass is 35.5. The molecule has 0 spiro atoms. The number of benzene rings is 1. The van der Waals surface area contributed by atoms with Crippen LogP contribution in [0.3, 0.4) is 0 Å². The van der Waals surface area contributed by atoms with E-state index in [0.29, 0.717) is 17.2 Å². The van der Waals surface area contributed by atoms with Gasteiger partial charge < -0.3 is 14.5 Å². The first-order valence-electron chi connectivity index (χ1n) is 8.70. The van der Waals surface area contributed by atoms with Crippen LogP contribution in [-0.2, 0) is 6.18 Å². The van der Waals surface area contributed by atoms with Gasteiger partial charge in [0.2, 0.25) is 0 Å². The van der Waals surface area contributed by atoms with Gasteiger partial charge in [-0.15, -0.1) is 0 Å². The zero-order valence-electron chi connectivity index (χ0n) is 15.5. The molecule has 3 rings (SSSR count). The lowest BCUT2D eigenvalue weighted by Crippen LogP contribution is -2.35. The minimum Gasteiger partial charge on any atom is -0.475 e. The van der Waals surface area contributed by atoms with Crippen LogP contribution in [0.1, 0.15) is 19.0 Å². The van der Waals surface area contributed by atoms with Gasteiger partial charge in [-0.2, -0.15) is 13.2 Å². The molecule has 3 aromatic rings. The van der Waals surface area contributed by atoms with Crippen LogP contribution in [0, 0.1) is 0 Å². The fourth-order valence-electron chi connectivity index (χ4n) is 2.48. The molecular weight excluding hydrogens is 427 g/mol. The molecule has 0 atom stereocenters. The monoisotopic (exact) mass is 441 g/mol. The molecule has 1 aromatic carbocycles. The van der Waals surface area contributed by atoms with Gasteiger partial charge in [0.05, 0.1) is 17.3 Å². The van der Waals surface area contributed by atoms with E-state index < -0.39 is 23.1 Å². The number of hydrogen-bond acceptors (Lipinski definition) is 5. The van der Waals surface area contributed by atoms with Gasteiger partial charge in [0.25, 0.3) is 11.4 Å². The molecule has 0 fully saturated rings. The van der Waals surface area contributed by atoms with Crippen molar-refractivity contribution in [3.8, 4) is 23.1 Å². The van der Waals surface area contributed by atoms with Gasteiger partial charge in [-0.1, -0.05) is 18.5 Å². The third-order valence-corrected chi connectivity index (χ3v) is 4.12. The van der Waals surface area contributed by atoms with Crippen LogP contribution >= 0.6 is 11.6 Å². The number of alkyl halides is 3. The Morgan fingerprint density at radius 3 is 2.60 bits per heavy atom. The van der Waals surface area contributed by atoms with Crippen LogP contribution in [0.25, 0.3) is 5.69 Å². The molecule has 1 N–H and O–H groups in total. The topological polar surface area (TPSA) is 86.2 Å². The van der Waals surface area contributed by atoms with Crippen molar-refractivity contribution in [1.82, 2.24) is 14.5 Å². The number of ether oxygens (including phenoxy) is 2. The molecule has 0 aliphatic heterocycles. The highest BCUT2D eigenvalue weighted by Gasteiger charge is 2.33. The van der Waals surface area contributed by atoms with Crippen LogP contribution in [0.5, 0.6) is 17.4 Å². The lowest BCUT2D eigenvalue weighted by atomic mass is 10.3. The highest BCUT2D eigenvalue weighted by molar-refractivity contribution is 6.32. The van der Waals surface area contributed by atoms with Crippen molar-refractivity contribution in [3.63, 3.8) is 0 Å². The standard InChI is InChI=1S/C19H15ClF3N3O4/c1-2-8-29-17-13(4-3-7-24-17)30-14-9-11(5-6-12(14)20)26-16(27)10-15(19(21,22)23)25-18(26)28/h3-7,9-10H,2,8H2,1H3,(H,25,28). The molecular formula is C19H15ClF3N3O4. The Hall–Kier alpha value is -3.27. The van der Waals surface area contributed by atoms with Crippen LogP contribution in [0.4, 0.5) is 13.2 Å². The van der Waals surface area contributed by atoms with Crippen molar-refractivity contribution < 1.29 is 22.6 Å². The third-order valence-electron chi connectivity index (χ3n) is 3.81. The number of rotatable bonds is 6. The second-order valence-corrected chi connectivity index (χ2v) is 6.44. The van der Waals surface area contributed by atoms with Crippen molar-refractivity contribution in [2.45, 2.75) is 19.5 Å². The van der Waals surface area contributed by atoms with Crippen molar-refractivity contribution in [1.29, 1.82) is 0 Å². The van der Waals surface area contributed by atoms with Crippen LogP contribution in [0.15, 0.2) is 52.2 Å². The molecule has 0 saturated heterocycles. The highest BCUT2D eigenvalue weighted by Crippen LogP contribution is 2.35. The molecule has 30 heavy (non-hydrogen) atoms. The van der Waals surface area contributed by atoms with E-state index in [0.717, 1.165) is 6.42 Å². The van der Waals surface area contributed by atoms with Gasteiger partial charge in [-0.3, -0.25) is 4.79 Å². The van der Waals surface area contributed by atoms with Gasteiger partial charge in [0.15, 0.2) is 5.75 Å². The number of aromatic amines is 1. The van der Waals surface area contributed by atoms with Crippen molar-refractivity contribution in [2.75, 3.05) is 6.61 Å². The molecule has 0 bridgehead atoms. The smallest absolute Gasteiger partial charge is 0.431 e. The summed E-state index contributed by atoms with van der Waals surface area (Å²) in [5.41, 5.74) is -3.88. The lowest BCUT2D eigenvalue weighted by molar-refractivity contribution is -0.141. The van der Waals surface area contributed by atoms with Crippen molar-refractivity contribution >= 4 is 11.6 Å². The van der Waals surface area contributed by atoms with Gasteiger partial charge in [0.1, 0.15) is 11.4 Å². The molecule has 158 valence electrons. The van der Waals surface area contributed by atoms with Gasteiger partial charge >= 0.3 is 11.9 Å². The summed E-state index contributed by atoms with van der Waals surface area (Å²) >= 11 is 6.15. The number of H-pyrrole nitrogens is 1. The van der Waals surface area contributed by atoms with Crippen molar-refractivity contribution in [3.05, 3.63) is 74.1 Å². The summed E-state index contributed by atoms with van der Waals surface area (Å²) < 4.78 is 50.2. The molecule has 0 unspecified atom stereocenters. The number of nitrogens with one attached hydrogen (secondary N) is 1. The van der Waals surface area contributed by atoms with E-state index in [1.165, 1.54) is 24.4 Å². The predicted octanol–water partition coefficient (Wildman–Crippen LogP) is 4.17. The maximum absolute atomic E-state index is 12.8. The maximum atomic E-state index is 12.8. The fraction of sp³-hybridized carbons (Fsp3) is 0.211. The van der Waals surface area contributed by atoms with Crippen LogP contribution in [-0.4, -0.2) is 21.1 Å². The van der Waals surface area contributed by atoms with E-state index in [1.807, 2.05) is 6.92 Å². The summed E-state index contributed by atoms with van der Waals surface area (Å²) in [6.45, 7) is 2.32. The quantitative estimate of drug-likeness (QED) is 0.620. The summed E-state index contributed by atoms with van der Waals surface area (Å²) in [7, 11) is 0. The summed E-state index contributed by atoms with van der Waals surface area (Å²) in [5, 5.41) is 0.139. The second kappa shape index (κ2) is 8.62. The van der Waals surface area contributed by atoms with E-state index in [4.69, 9.17) is 21.1 Å². The average molecular weight is 442 g/mol. The number of hydrogen-bond donors (Lipinski definition) is 1. The number of aromatic nitrogens is 3. The van der Waals surface area contributed by atoms with Crippen molar-refractivity contribution in [2.24, 2.45) is 0 Å². The summed E-state index contributed by atoms with van der Waals surface area (Å²) in [5.74, 6) is 0.499. The zero-order chi connectivity index (χ0) is 21.9. The van der Waals surface area contributed by atoms with Crippen LogP contribution in [0.2, 0.25) is 5.02 Å². The number of nitrogens with zero attached hydrogens (tertiary/aromatic N) is 2. The average Bonchev–Trinajstić information content (AvgIpc) is 2.68. The molecule has 0 aliphatic carbocycles. The lowest BCUT2D eigenvalue weighted by Gasteiger charge is -2.13. The van der Waals surface area contributed by atoms with E-state index in [1.54, 1.807) is 17.1 Å². The Bertz CT molecular complexity index is 1140. The number of halogens is 4. The molecule has 7 nitrogen and oxygen atoms in total. The minimum atomic E-state index is -4.86. The normalized spacial score (nSPS) is 11.4. The van der Waals surface area contributed by atoms with Crippen LogP contribution < -0.4 is 20.7 Å². The van der Waals surface area contributed by atoms with E-state index >= 15 is 0 Å². The zero-order valence-corrected chi connectivity index (χ0v) is 16.3. The Morgan fingerprint density at radius 1 is 1.17 bits per heavy atom. The summed E-state index contributed by atoms with van der Waals surface area (Å²) in [6, 6.07) is 7.39. The Balaban J connectivity index is 2.02. The van der Waals surface area contributed by atoms with Gasteiger partial charge in [0, 0.05) is 18.3 Å². The molecule has 0 saturated carbocycles. The maximum Gasteiger partial charge on any atom is 0.431 e. The third kappa shape index (κ3) is 4.65. The molecule has 0 aliphatic rings. The molecule has 0 amide bonds. The van der Waals surface area contributed by atoms with E-state index in [9.17, 15) is 22.8 Å². The molecule has 11 heteroatoms. The SMILES string of the molecule is CCCOc1ncccc1Oc1cc(-n2c(=O)cc(C(F)(F)F)[nH]c2=O)ccc1Cl. The Kier molecular flexibility index (Phi) is 6.16. The largest absolute Gasteiger partial charge is 0.475 e. The predicted molar refractivity (Wildman–Crippen MR) is 103 cm³/mol. The fourth-order valence-corrected chi connectivity index (χ4v) is 2.64. The molecule has 2 aromatic heterocycles. The summed E-state index contributed by atoms with van der Waals surface area (Å²) in [4.78, 5) is 30.0. The van der Waals surface area contributed by atoms with Gasteiger partial charge in [-0.25, -0.2) is 14.3 Å². The Labute approximate surface area is 172 Å². The first-order valence-corrected chi connectivity index (χ1v) is 9.07. The first-order chi connectivity index (χ1) is 14.2. The van der Waals surface area contributed by atoms with E-state index in [2.05, 4.69) is 4.98 Å². The summed E-state index contributed by atoms with van der Waals surface area (Å²) in [6.07, 6.45) is -2.61. The molecule has 0 radical (unpaired) electrons. The van der Waals surface area contributed by atoms with E-state index in [-0.39, 0.29) is 28.1 Å². The second-order valence-electron chi connectivity index (χ2n) is 6.03. The van der Waals surface area contributed by atoms with Gasteiger partial charge in [-0.05, 0) is 30.7 Å². The first kappa shape index (κ1) is 21.4. The number of pyridine rings is 1. The minimum absolute atomic E-state index is 0.0331. The molecule has 2 heterocycles.